The van der Waals surface area contributed by atoms with Gasteiger partial charge in [-0.05, 0) is 77.0 Å². The fraction of sp³-hybridized carbons (Fsp3) is 0.855. The van der Waals surface area contributed by atoms with E-state index in [1.165, 1.54) is 199 Å². The van der Waals surface area contributed by atoms with Crippen LogP contribution in [-0.2, 0) is 14.3 Å². The molecule has 2 unspecified atom stereocenters. The van der Waals surface area contributed by atoms with Crippen LogP contribution in [0.15, 0.2) is 36.5 Å². The second-order valence-electron chi connectivity index (χ2n) is 18.2. The molecule has 0 saturated carbocycles. The Balaban J connectivity index is 3.44. The highest BCUT2D eigenvalue weighted by molar-refractivity contribution is 5.76. The van der Waals surface area contributed by atoms with E-state index in [2.05, 4.69) is 43.5 Å². The average Bonchev–Trinajstić information content (AvgIpc) is 3.26. The zero-order valence-corrected chi connectivity index (χ0v) is 40.6. The Hall–Kier alpha value is -1.92. The summed E-state index contributed by atoms with van der Waals surface area (Å²) in [5.41, 5.74) is 0. The molecule has 2 atom stereocenters. The normalized spacial score (nSPS) is 12.9. The van der Waals surface area contributed by atoms with Crippen LogP contribution in [0.3, 0.4) is 0 Å². The van der Waals surface area contributed by atoms with E-state index in [4.69, 9.17) is 4.74 Å². The maximum atomic E-state index is 12.4. The van der Waals surface area contributed by atoms with Crippen molar-refractivity contribution < 1.29 is 24.5 Å². The second-order valence-corrected chi connectivity index (χ2v) is 18.2. The van der Waals surface area contributed by atoms with Crippen molar-refractivity contribution in [2.24, 2.45) is 0 Å². The number of hydrogen-bond acceptors (Lipinski definition) is 5. The Morgan fingerprint density at radius 3 is 1.21 bits per heavy atom. The summed E-state index contributed by atoms with van der Waals surface area (Å²) in [6.45, 7) is 4.84. The smallest absolute Gasteiger partial charge is 0.305 e. The van der Waals surface area contributed by atoms with Gasteiger partial charge in [0.05, 0.1) is 25.4 Å². The Bertz CT molecular complexity index is 993. The van der Waals surface area contributed by atoms with Gasteiger partial charge in [0.15, 0.2) is 0 Å². The van der Waals surface area contributed by atoms with Gasteiger partial charge in [-0.1, -0.05) is 224 Å². The molecule has 0 aliphatic rings. The molecule has 1 amide bonds. The summed E-state index contributed by atoms with van der Waals surface area (Å²) in [7, 11) is 0. The van der Waals surface area contributed by atoms with E-state index in [-0.39, 0.29) is 18.5 Å². The van der Waals surface area contributed by atoms with Crippen molar-refractivity contribution in [3.63, 3.8) is 0 Å². The van der Waals surface area contributed by atoms with Crippen LogP contribution in [0, 0.1) is 0 Å². The highest BCUT2D eigenvalue weighted by atomic mass is 16.5. The first-order valence-electron chi connectivity index (χ1n) is 26.8. The number of carbonyl (C=O) groups excluding carboxylic acids is 2. The minimum absolute atomic E-state index is 0.00245. The molecule has 0 radical (unpaired) electrons. The van der Waals surface area contributed by atoms with Crippen LogP contribution >= 0.6 is 0 Å². The third-order valence-electron chi connectivity index (χ3n) is 12.1. The summed E-state index contributed by atoms with van der Waals surface area (Å²) < 4.78 is 5.45. The molecule has 3 N–H and O–H groups in total. The van der Waals surface area contributed by atoms with E-state index in [1.54, 1.807) is 6.08 Å². The molecular formula is C55H103NO5. The van der Waals surface area contributed by atoms with Gasteiger partial charge in [-0.3, -0.25) is 9.59 Å². The van der Waals surface area contributed by atoms with Gasteiger partial charge in [0.1, 0.15) is 0 Å². The van der Waals surface area contributed by atoms with Gasteiger partial charge in [0.2, 0.25) is 5.91 Å². The lowest BCUT2D eigenvalue weighted by molar-refractivity contribution is -0.143. The third kappa shape index (κ3) is 47.4. The molecule has 61 heavy (non-hydrogen) atoms. The van der Waals surface area contributed by atoms with Crippen molar-refractivity contribution in [1.82, 2.24) is 5.32 Å². The zero-order chi connectivity index (χ0) is 44.4. The van der Waals surface area contributed by atoms with Crippen LogP contribution in [0.5, 0.6) is 0 Å². The van der Waals surface area contributed by atoms with Crippen LogP contribution in [-0.4, -0.2) is 47.4 Å². The lowest BCUT2D eigenvalue weighted by Gasteiger charge is -2.20. The van der Waals surface area contributed by atoms with Gasteiger partial charge in [-0.2, -0.15) is 0 Å². The highest BCUT2D eigenvalue weighted by Crippen LogP contribution is 2.15. The van der Waals surface area contributed by atoms with Crippen molar-refractivity contribution >= 4 is 11.9 Å². The van der Waals surface area contributed by atoms with E-state index in [9.17, 15) is 19.8 Å². The maximum Gasteiger partial charge on any atom is 0.305 e. The molecule has 0 rings (SSSR count). The summed E-state index contributed by atoms with van der Waals surface area (Å²) in [6, 6.07) is -0.631. The van der Waals surface area contributed by atoms with Crippen molar-refractivity contribution in [2.45, 2.75) is 289 Å². The molecule has 0 fully saturated rings. The molecule has 0 saturated heterocycles. The fourth-order valence-electron chi connectivity index (χ4n) is 7.96. The van der Waals surface area contributed by atoms with Crippen LogP contribution in [0.25, 0.3) is 0 Å². The van der Waals surface area contributed by atoms with Crippen molar-refractivity contribution in [3.05, 3.63) is 36.5 Å². The molecule has 0 aliphatic carbocycles. The van der Waals surface area contributed by atoms with Crippen LogP contribution in [0.2, 0.25) is 0 Å². The monoisotopic (exact) mass is 858 g/mol. The van der Waals surface area contributed by atoms with E-state index < -0.39 is 12.1 Å². The van der Waals surface area contributed by atoms with Gasteiger partial charge in [0.25, 0.3) is 0 Å². The number of allylic oxidation sites excluding steroid dienone is 5. The molecule has 0 aromatic rings. The number of unbranched alkanes of at least 4 members (excludes halogenated alkanes) is 34. The second kappa shape index (κ2) is 50.7. The first-order valence-corrected chi connectivity index (χ1v) is 26.8. The molecule has 0 aromatic heterocycles. The molecule has 0 aliphatic heterocycles. The number of esters is 1. The quantitative estimate of drug-likeness (QED) is 0.0322. The number of amides is 1. The molecule has 0 aromatic carbocycles. The zero-order valence-electron chi connectivity index (χ0n) is 40.6. The number of aliphatic hydroxyl groups is 2. The van der Waals surface area contributed by atoms with Gasteiger partial charge in [0, 0.05) is 12.8 Å². The summed E-state index contributed by atoms with van der Waals surface area (Å²) in [5.74, 6) is -0.0794. The molecule has 0 bridgehead atoms. The lowest BCUT2D eigenvalue weighted by Crippen LogP contribution is -2.45. The summed E-state index contributed by atoms with van der Waals surface area (Å²) in [4.78, 5) is 24.4. The van der Waals surface area contributed by atoms with Gasteiger partial charge >= 0.3 is 5.97 Å². The standard InChI is InChI=1S/C55H103NO5/c1-3-5-7-9-11-13-27-31-35-39-43-47-53(58)52(51-57)56-54(59)48-44-40-36-32-29-25-23-21-19-17-15-16-18-20-22-24-26-30-34-38-42-46-50-61-55(60)49-45-41-37-33-28-14-12-10-8-6-4-2/h10,12,17,19,43,47,52-53,57-58H,3-9,11,13-16,18,20-42,44-46,48-51H2,1-2H3,(H,56,59)/b12-10-,19-17-,47-43+. The first-order chi connectivity index (χ1) is 30.0. The molecule has 0 heterocycles. The summed E-state index contributed by atoms with van der Waals surface area (Å²) >= 11 is 0. The minimum atomic E-state index is -0.847. The fourth-order valence-corrected chi connectivity index (χ4v) is 7.96. The number of hydrogen-bond donors (Lipinski definition) is 3. The molecule has 0 spiro atoms. The highest BCUT2D eigenvalue weighted by Gasteiger charge is 2.18. The largest absolute Gasteiger partial charge is 0.466 e. The van der Waals surface area contributed by atoms with E-state index in [1.807, 2.05) is 6.08 Å². The Morgan fingerprint density at radius 2 is 0.787 bits per heavy atom. The average molecular weight is 858 g/mol. The van der Waals surface area contributed by atoms with E-state index >= 15 is 0 Å². The van der Waals surface area contributed by atoms with Gasteiger partial charge in [-0.15, -0.1) is 0 Å². The summed E-state index contributed by atoms with van der Waals surface area (Å²) in [6.07, 6.45) is 61.6. The Kier molecular flexibility index (Phi) is 49.1. The Labute approximate surface area is 379 Å². The predicted octanol–water partition coefficient (Wildman–Crippen LogP) is 16.1. The van der Waals surface area contributed by atoms with E-state index in [0.717, 1.165) is 51.4 Å². The molecule has 6 heteroatoms. The number of rotatable bonds is 49. The SMILES string of the molecule is CCCC/C=C\CCCCCCCC(=O)OCCCCCCCCCCCCC/C=C\CCCCCCCCCC(=O)NC(CO)C(O)/C=C/CCCCCCCCCCC. The molecular weight excluding hydrogens is 755 g/mol. The van der Waals surface area contributed by atoms with Crippen LogP contribution < -0.4 is 5.32 Å². The third-order valence-corrected chi connectivity index (χ3v) is 12.1. The molecule has 358 valence electrons. The Morgan fingerprint density at radius 1 is 0.443 bits per heavy atom. The molecule has 6 nitrogen and oxygen atoms in total. The number of nitrogens with one attached hydrogen (secondary N) is 1. The maximum absolute atomic E-state index is 12.4. The lowest BCUT2D eigenvalue weighted by atomic mass is 10.0. The number of aliphatic hydroxyl groups excluding tert-OH is 2. The summed E-state index contributed by atoms with van der Waals surface area (Å²) in [5, 5.41) is 23.0. The number of carbonyl (C=O) groups is 2. The van der Waals surface area contributed by atoms with Crippen molar-refractivity contribution in [3.8, 4) is 0 Å². The predicted molar refractivity (Wildman–Crippen MR) is 264 cm³/mol. The number of ether oxygens (including phenoxy) is 1. The van der Waals surface area contributed by atoms with E-state index in [0.29, 0.717) is 19.4 Å². The topological polar surface area (TPSA) is 95.9 Å². The van der Waals surface area contributed by atoms with Crippen LogP contribution in [0.4, 0.5) is 0 Å². The minimum Gasteiger partial charge on any atom is -0.466 e. The van der Waals surface area contributed by atoms with Crippen molar-refractivity contribution in [2.75, 3.05) is 13.2 Å². The van der Waals surface area contributed by atoms with Crippen LogP contribution in [0.1, 0.15) is 277 Å². The van der Waals surface area contributed by atoms with Crippen molar-refractivity contribution in [1.29, 1.82) is 0 Å². The van der Waals surface area contributed by atoms with Gasteiger partial charge < -0.3 is 20.3 Å². The first kappa shape index (κ1) is 59.1. The van der Waals surface area contributed by atoms with Gasteiger partial charge in [-0.25, -0.2) is 0 Å².